The van der Waals surface area contributed by atoms with Crippen LogP contribution in [0.1, 0.15) is 25.2 Å². The van der Waals surface area contributed by atoms with Gasteiger partial charge in [-0.3, -0.25) is 4.90 Å². The van der Waals surface area contributed by atoms with Crippen molar-refractivity contribution in [2.45, 2.75) is 33.0 Å². The first-order chi connectivity index (χ1) is 10.6. The molecule has 1 unspecified atom stereocenters. The highest BCUT2D eigenvalue weighted by atomic mass is 16.3. The Bertz CT molecular complexity index is 574. The summed E-state index contributed by atoms with van der Waals surface area (Å²) in [4.78, 5) is 10.8. The molecule has 2 aromatic rings. The number of aliphatic hydroxyl groups is 1. The Morgan fingerprint density at radius 1 is 1.14 bits per heavy atom. The van der Waals surface area contributed by atoms with E-state index in [1.165, 1.54) is 5.56 Å². The van der Waals surface area contributed by atoms with Crippen molar-refractivity contribution in [3.63, 3.8) is 0 Å². The third-order valence-electron chi connectivity index (χ3n) is 3.73. The first-order valence-electron chi connectivity index (χ1n) is 7.56. The Labute approximate surface area is 131 Å². The van der Waals surface area contributed by atoms with Crippen LogP contribution in [-0.2, 0) is 13.1 Å². The lowest BCUT2D eigenvalue weighted by molar-refractivity contribution is 0.0763. The van der Waals surface area contributed by atoms with Crippen molar-refractivity contribution in [3.05, 3.63) is 54.0 Å². The van der Waals surface area contributed by atoms with Gasteiger partial charge in [-0.1, -0.05) is 44.2 Å². The molecule has 1 atom stereocenters. The third-order valence-corrected chi connectivity index (χ3v) is 3.73. The average Bonchev–Trinajstić information content (AvgIpc) is 2.48. The molecule has 118 valence electrons. The number of aliphatic hydroxyl groups excluding tert-OH is 1. The van der Waals surface area contributed by atoms with Gasteiger partial charge in [0.05, 0.1) is 13.2 Å². The van der Waals surface area contributed by atoms with Gasteiger partial charge in [0.25, 0.3) is 0 Å². The van der Waals surface area contributed by atoms with Gasteiger partial charge in [-0.05, 0) is 17.5 Å². The molecular formula is C17H24N4O. The van der Waals surface area contributed by atoms with Crippen LogP contribution in [0.5, 0.6) is 0 Å². The lowest BCUT2D eigenvalue weighted by Crippen LogP contribution is -2.41. The molecule has 0 saturated heterocycles. The van der Waals surface area contributed by atoms with Crippen LogP contribution in [0.25, 0.3) is 0 Å². The Kier molecular flexibility index (Phi) is 5.86. The summed E-state index contributed by atoms with van der Waals surface area (Å²) in [5.74, 6) is 1.47. The van der Waals surface area contributed by atoms with E-state index in [2.05, 4.69) is 40.8 Å². The van der Waals surface area contributed by atoms with Crippen LogP contribution in [-0.4, -0.2) is 32.6 Å². The van der Waals surface area contributed by atoms with Gasteiger partial charge in [-0.15, -0.1) is 0 Å². The lowest BCUT2D eigenvalue weighted by Gasteiger charge is -2.32. The minimum absolute atomic E-state index is 0.0465. The fourth-order valence-electron chi connectivity index (χ4n) is 2.53. The van der Waals surface area contributed by atoms with E-state index in [-0.39, 0.29) is 12.6 Å². The number of anilines is 1. The molecule has 0 saturated carbocycles. The van der Waals surface area contributed by atoms with E-state index in [1.54, 1.807) is 12.3 Å². The fourth-order valence-corrected chi connectivity index (χ4v) is 2.53. The first-order valence-corrected chi connectivity index (χ1v) is 7.56. The lowest BCUT2D eigenvalue weighted by atomic mass is 10.0. The van der Waals surface area contributed by atoms with E-state index < -0.39 is 0 Å². The zero-order valence-corrected chi connectivity index (χ0v) is 13.2. The molecule has 5 heteroatoms. The molecular weight excluding hydrogens is 276 g/mol. The van der Waals surface area contributed by atoms with Crippen LogP contribution < -0.4 is 5.73 Å². The van der Waals surface area contributed by atoms with Crippen molar-refractivity contribution in [1.82, 2.24) is 14.9 Å². The summed E-state index contributed by atoms with van der Waals surface area (Å²) in [6.45, 7) is 5.62. The minimum Gasteiger partial charge on any atom is -0.395 e. The fraction of sp³-hybridized carbons (Fsp3) is 0.412. The zero-order chi connectivity index (χ0) is 15.9. The topological polar surface area (TPSA) is 75.3 Å². The van der Waals surface area contributed by atoms with Gasteiger partial charge < -0.3 is 10.8 Å². The molecule has 0 aliphatic rings. The smallest absolute Gasteiger partial charge is 0.144 e. The van der Waals surface area contributed by atoms with Gasteiger partial charge in [-0.2, -0.15) is 0 Å². The van der Waals surface area contributed by atoms with Crippen molar-refractivity contribution in [2.24, 2.45) is 5.92 Å². The first kappa shape index (κ1) is 16.4. The number of aromatic nitrogens is 2. The number of rotatable bonds is 7. The second kappa shape index (κ2) is 7.87. The van der Waals surface area contributed by atoms with Gasteiger partial charge in [0, 0.05) is 18.8 Å². The standard InChI is InChI=1S/C17H24N4O/c1-13(2)15(12-22)21(10-14-6-4-3-5-7-14)11-17-19-9-8-16(18)20-17/h3-9,13,15,22H,10-12H2,1-2H3,(H2,18,19,20). The molecule has 0 aliphatic carbocycles. The van der Waals surface area contributed by atoms with Crippen LogP contribution in [0.2, 0.25) is 0 Å². The molecule has 22 heavy (non-hydrogen) atoms. The van der Waals surface area contributed by atoms with Crippen LogP contribution in [0.15, 0.2) is 42.6 Å². The zero-order valence-electron chi connectivity index (χ0n) is 13.2. The van der Waals surface area contributed by atoms with E-state index >= 15 is 0 Å². The molecule has 0 spiro atoms. The van der Waals surface area contributed by atoms with Gasteiger partial charge in [0.1, 0.15) is 11.6 Å². The average molecular weight is 300 g/mol. The maximum absolute atomic E-state index is 9.77. The second-order valence-electron chi connectivity index (χ2n) is 5.78. The van der Waals surface area contributed by atoms with Crippen molar-refractivity contribution in [2.75, 3.05) is 12.3 Å². The highest BCUT2D eigenvalue weighted by Gasteiger charge is 2.22. The molecule has 0 fully saturated rings. The molecule has 0 radical (unpaired) electrons. The summed E-state index contributed by atoms with van der Waals surface area (Å²) in [5.41, 5.74) is 6.94. The number of nitrogens with two attached hydrogens (primary N) is 1. The minimum atomic E-state index is 0.0465. The second-order valence-corrected chi connectivity index (χ2v) is 5.78. The van der Waals surface area contributed by atoms with Crippen molar-refractivity contribution >= 4 is 5.82 Å². The van der Waals surface area contributed by atoms with Crippen molar-refractivity contribution in [3.8, 4) is 0 Å². The molecule has 1 aromatic carbocycles. The van der Waals surface area contributed by atoms with E-state index in [4.69, 9.17) is 5.73 Å². The third kappa shape index (κ3) is 4.51. The van der Waals surface area contributed by atoms with E-state index in [9.17, 15) is 5.11 Å². The molecule has 0 aliphatic heterocycles. The van der Waals surface area contributed by atoms with E-state index in [0.29, 0.717) is 24.1 Å². The summed E-state index contributed by atoms with van der Waals surface area (Å²) in [5, 5.41) is 9.77. The summed E-state index contributed by atoms with van der Waals surface area (Å²) in [6, 6.07) is 11.9. The number of hydrogen-bond donors (Lipinski definition) is 2. The summed E-state index contributed by atoms with van der Waals surface area (Å²) in [6.07, 6.45) is 1.67. The maximum atomic E-state index is 9.77. The predicted molar refractivity (Wildman–Crippen MR) is 87.8 cm³/mol. The highest BCUT2D eigenvalue weighted by molar-refractivity contribution is 5.25. The normalized spacial score (nSPS) is 12.8. The Morgan fingerprint density at radius 3 is 2.45 bits per heavy atom. The number of nitrogen functional groups attached to an aromatic ring is 1. The maximum Gasteiger partial charge on any atom is 0.144 e. The Hall–Kier alpha value is -1.98. The molecule has 3 N–H and O–H groups in total. The monoisotopic (exact) mass is 300 g/mol. The highest BCUT2D eigenvalue weighted by Crippen LogP contribution is 2.17. The van der Waals surface area contributed by atoms with Crippen LogP contribution in [0.4, 0.5) is 5.82 Å². The molecule has 2 rings (SSSR count). The number of nitrogens with zero attached hydrogens (tertiary/aromatic N) is 3. The van der Waals surface area contributed by atoms with Gasteiger partial charge in [-0.25, -0.2) is 9.97 Å². The SMILES string of the molecule is CC(C)C(CO)N(Cc1ccccc1)Cc1nccc(N)n1. The van der Waals surface area contributed by atoms with Crippen molar-refractivity contribution in [1.29, 1.82) is 0 Å². The molecule has 0 amide bonds. The summed E-state index contributed by atoms with van der Waals surface area (Å²) in [7, 11) is 0. The number of hydrogen-bond acceptors (Lipinski definition) is 5. The Balaban J connectivity index is 2.20. The van der Waals surface area contributed by atoms with Crippen LogP contribution in [0.3, 0.4) is 0 Å². The van der Waals surface area contributed by atoms with Crippen LogP contribution >= 0.6 is 0 Å². The predicted octanol–water partition coefficient (Wildman–Crippen LogP) is 2.08. The van der Waals surface area contributed by atoms with Gasteiger partial charge >= 0.3 is 0 Å². The molecule has 1 heterocycles. The molecule has 5 nitrogen and oxygen atoms in total. The van der Waals surface area contributed by atoms with Crippen molar-refractivity contribution < 1.29 is 5.11 Å². The van der Waals surface area contributed by atoms with Gasteiger partial charge in [0.2, 0.25) is 0 Å². The molecule has 0 bridgehead atoms. The van der Waals surface area contributed by atoms with E-state index in [1.807, 2.05) is 18.2 Å². The summed E-state index contributed by atoms with van der Waals surface area (Å²) >= 11 is 0. The largest absolute Gasteiger partial charge is 0.395 e. The number of benzene rings is 1. The molecule has 1 aromatic heterocycles. The van der Waals surface area contributed by atoms with E-state index in [0.717, 1.165) is 6.54 Å². The van der Waals surface area contributed by atoms with Gasteiger partial charge in [0.15, 0.2) is 0 Å². The Morgan fingerprint density at radius 2 is 1.86 bits per heavy atom. The quantitative estimate of drug-likeness (QED) is 0.819. The van der Waals surface area contributed by atoms with Crippen LogP contribution in [0, 0.1) is 5.92 Å². The summed E-state index contributed by atoms with van der Waals surface area (Å²) < 4.78 is 0.